The first-order valence-corrected chi connectivity index (χ1v) is 10.1. The van der Waals surface area contributed by atoms with E-state index in [9.17, 15) is 5.11 Å². The van der Waals surface area contributed by atoms with Gasteiger partial charge in [-0.25, -0.2) is 0 Å². The van der Waals surface area contributed by atoms with Crippen LogP contribution in [0.3, 0.4) is 0 Å². The Bertz CT molecular complexity index is 959. The summed E-state index contributed by atoms with van der Waals surface area (Å²) in [6.45, 7) is 5.01. The van der Waals surface area contributed by atoms with Gasteiger partial charge in [0, 0.05) is 15.6 Å². The Kier molecular flexibility index (Phi) is 5.41. The minimum atomic E-state index is 0.252. The molecule has 1 fully saturated rings. The molecule has 2 N–H and O–H groups in total. The van der Waals surface area contributed by atoms with Gasteiger partial charge in [-0.2, -0.15) is 5.10 Å². The minimum absolute atomic E-state index is 0.252. The van der Waals surface area contributed by atoms with Crippen LogP contribution in [0.5, 0.6) is 5.75 Å². The van der Waals surface area contributed by atoms with Crippen molar-refractivity contribution in [1.82, 2.24) is 5.01 Å². The van der Waals surface area contributed by atoms with Crippen LogP contribution in [0.1, 0.15) is 11.1 Å². The topological polar surface area (TPSA) is 40.3 Å². The zero-order valence-electron chi connectivity index (χ0n) is 15.1. The molecule has 1 aliphatic heterocycles. The Balaban J connectivity index is 1.37. The van der Waals surface area contributed by atoms with Crippen molar-refractivity contribution < 1.29 is 10.0 Å². The molecule has 0 unspecified atom stereocenters. The third-order valence-corrected chi connectivity index (χ3v) is 5.61. The van der Waals surface area contributed by atoms with E-state index < -0.39 is 0 Å². The van der Waals surface area contributed by atoms with Crippen molar-refractivity contribution in [3.63, 3.8) is 0 Å². The average molecular weight is 425 g/mol. The van der Waals surface area contributed by atoms with Gasteiger partial charge in [0.1, 0.15) is 12.3 Å². The zero-order chi connectivity index (χ0) is 18.6. The number of hydrazone groups is 1. The molecular weight excluding hydrogens is 402 g/mol. The maximum atomic E-state index is 9.92. The lowest BCUT2D eigenvalue weighted by Crippen LogP contribution is -3.13. The van der Waals surface area contributed by atoms with Gasteiger partial charge in [-0.1, -0.05) is 58.4 Å². The first-order valence-electron chi connectivity index (χ1n) is 9.27. The molecule has 3 aromatic rings. The first-order chi connectivity index (χ1) is 13.2. The number of quaternary nitrogens is 1. The van der Waals surface area contributed by atoms with Crippen molar-refractivity contribution in [1.29, 1.82) is 0 Å². The predicted molar refractivity (Wildman–Crippen MR) is 113 cm³/mol. The van der Waals surface area contributed by atoms with Crippen LogP contribution in [0.15, 0.2) is 70.2 Å². The van der Waals surface area contributed by atoms with E-state index in [1.54, 1.807) is 17.2 Å². The molecule has 3 aromatic carbocycles. The molecule has 4 nitrogen and oxygen atoms in total. The third-order valence-electron chi connectivity index (χ3n) is 5.12. The number of benzene rings is 3. The number of hydrogen-bond donors (Lipinski definition) is 2. The van der Waals surface area contributed by atoms with E-state index in [-0.39, 0.29) is 5.75 Å². The number of piperazine rings is 1. The minimum Gasteiger partial charge on any atom is -0.507 e. The Labute approximate surface area is 167 Å². The number of phenols is 1. The standard InChI is InChI=1S/C22H22BrN3O/c23-20-8-9-22(27)19(14-20)15-24-26-12-10-25(11-13-26)16-18-6-3-5-17-4-1-2-7-21(17)18/h1-9,14-15,27H,10-13,16H2/p+1/b24-15+. The molecular formula is C22H23BrN3O+. The largest absolute Gasteiger partial charge is 0.507 e. The fourth-order valence-corrected chi connectivity index (χ4v) is 3.97. The lowest BCUT2D eigenvalue weighted by molar-refractivity contribution is -0.918. The Morgan fingerprint density at radius 1 is 1.04 bits per heavy atom. The second kappa shape index (κ2) is 8.11. The molecule has 0 radical (unpaired) electrons. The zero-order valence-corrected chi connectivity index (χ0v) is 16.7. The van der Waals surface area contributed by atoms with E-state index >= 15 is 0 Å². The monoisotopic (exact) mass is 424 g/mol. The predicted octanol–water partition coefficient (Wildman–Crippen LogP) is 3.04. The number of rotatable bonds is 4. The quantitative estimate of drug-likeness (QED) is 0.631. The smallest absolute Gasteiger partial charge is 0.124 e. The van der Waals surface area contributed by atoms with Crippen molar-refractivity contribution in [2.24, 2.45) is 5.10 Å². The highest BCUT2D eigenvalue weighted by atomic mass is 79.9. The fraction of sp³-hybridized carbons (Fsp3) is 0.227. The van der Waals surface area contributed by atoms with Crippen molar-refractivity contribution in [3.05, 3.63) is 76.3 Å². The SMILES string of the molecule is Oc1ccc(Br)cc1/C=N/N1CC[NH+](Cc2cccc3ccccc23)CC1. The van der Waals surface area contributed by atoms with Gasteiger partial charge < -0.3 is 10.0 Å². The summed E-state index contributed by atoms with van der Waals surface area (Å²) in [6, 6.07) is 20.6. The number of phenolic OH excluding ortho intramolecular Hbond substituents is 1. The summed E-state index contributed by atoms with van der Waals surface area (Å²) in [5.41, 5.74) is 2.15. The fourth-order valence-electron chi connectivity index (χ4n) is 3.59. The summed E-state index contributed by atoms with van der Waals surface area (Å²) in [7, 11) is 0. The van der Waals surface area contributed by atoms with E-state index in [1.807, 2.05) is 12.1 Å². The summed E-state index contributed by atoms with van der Waals surface area (Å²) in [4.78, 5) is 1.59. The number of hydrogen-bond acceptors (Lipinski definition) is 3. The molecule has 138 valence electrons. The van der Waals surface area contributed by atoms with Crippen LogP contribution < -0.4 is 4.90 Å². The summed E-state index contributed by atoms with van der Waals surface area (Å²) in [5, 5.41) is 19.2. The van der Waals surface area contributed by atoms with E-state index in [0.717, 1.165) is 42.8 Å². The van der Waals surface area contributed by atoms with E-state index in [2.05, 4.69) is 68.5 Å². The Hall–Kier alpha value is -2.37. The molecule has 0 aromatic heterocycles. The Morgan fingerprint density at radius 3 is 2.67 bits per heavy atom. The lowest BCUT2D eigenvalue weighted by atomic mass is 10.0. The van der Waals surface area contributed by atoms with Gasteiger partial charge in [-0.15, -0.1) is 0 Å². The number of nitrogens with zero attached hydrogens (tertiary/aromatic N) is 2. The van der Waals surface area contributed by atoms with Crippen molar-refractivity contribution in [2.45, 2.75) is 6.54 Å². The van der Waals surface area contributed by atoms with Gasteiger partial charge in [0.25, 0.3) is 0 Å². The van der Waals surface area contributed by atoms with Crippen LogP contribution in [0, 0.1) is 0 Å². The van der Waals surface area contributed by atoms with Crippen LogP contribution in [0.2, 0.25) is 0 Å². The molecule has 1 heterocycles. The van der Waals surface area contributed by atoms with Crippen molar-refractivity contribution in [3.8, 4) is 5.75 Å². The van der Waals surface area contributed by atoms with Crippen LogP contribution in [0.25, 0.3) is 10.8 Å². The van der Waals surface area contributed by atoms with Gasteiger partial charge in [-0.3, -0.25) is 5.01 Å². The molecule has 1 saturated heterocycles. The molecule has 0 saturated carbocycles. The first kappa shape index (κ1) is 18.0. The molecule has 4 rings (SSSR count). The number of nitrogens with one attached hydrogen (secondary N) is 1. The molecule has 0 amide bonds. The van der Waals surface area contributed by atoms with E-state index in [4.69, 9.17) is 0 Å². The van der Waals surface area contributed by atoms with Crippen LogP contribution in [-0.2, 0) is 6.54 Å². The van der Waals surface area contributed by atoms with Gasteiger partial charge >= 0.3 is 0 Å². The third kappa shape index (κ3) is 4.31. The van der Waals surface area contributed by atoms with Gasteiger partial charge in [0.05, 0.1) is 32.4 Å². The molecule has 0 atom stereocenters. The van der Waals surface area contributed by atoms with Crippen LogP contribution in [0.4, 0.5) is 0 Å². The average Bonchev–Trinajstić information content (AvgIpc) is 2.70. The van der Waals surface area contributed by atoms with E-state index in [1.165, 1.54) is 16.3 Å². The molecule has 0 bridgehead atoms. The summed E-state index contributed by atoms with van der Waals surface area (Å²) in [5.74, 6) is 0.252. The van der Waals surface area contributed by atoms with Crippen LogP contribution in [-0.4, -0.2) is 42.5 Å². The summed E-state index contributed by atoms with van der Waals surface area (Å²) >= 11 is 3.43. The molecule has 0 aliphatic carbocycles. The second-order valence-corrected chi connectivity index (χ2v) is 7.88. The second-order valence-electron chi connectivity index (χ2n) is 6.97. The van der Waals surface area contributed by atoms with Gasteiger partial charge in [0.2, 0.25) is 0 Å². The van der Waals surface area contributed by atoms with Crippen molar-refractivity contribution >= 4 is 32.9 Å². The summed E-state index contributed by atoms with van der Waals surface area (Å²) in [6.07, 6.45) is 1.75. The van der Waals surface area contributed by atoms with Crippen molar-refractivity contribution in [2.75, 3.05) is 26.2 Å². The normalized spacial score (nSPS) is 15.7. The molecule has 1 aliphatic rings. The molecule has 27 heavy (non-hydrogen) atoms. The molecule has 5 heteroatoms. The number of aromatic hydroxyl groups is 1. The van der Waals surface area contributed by atoms with Gasteiger partial charge in [-0.05, 0) is 29.0 Å². The molecule has 0 spiro atoms. The lowest BCUT2D eigenvalue weighted by Gasteiger charge is -2.30. The Morgan fingerprint density at radius 2 is 1.81 bits per heavy atom. The summed E-state index contributed by atoms with van der Waals surface area (Å²) < 4.78 is 0.936. The maximum absolute atomic E-state index is 9.92. The van der Waals surface area contributed by atoms with Gasteiger partial charge in [0.15, 0.2) is 0 Å². The highest BCUT2D eigenvalue weighted by molar-refractivity contribution is 9.10. The van der Waals surface area contributed by atoms with Crippen LogP contribution >= 0.6 is 15.9 Å². The maximum Gasteiger partial charge on any atom is 0.124 e. The highest BCUT2D eigenvalue weighted by Crippen LogP contribution is 2.20. The van der Waals surface area contributed by atoms with E-state index in [0.29, 0.717) is 0 Å². The highest BCUT2D eigenvalue weighted by Gasteiger charge is 2.19. The number of halogens is 1. The number of fused-ring (bicyclic) bond motifs is 1.